The van der Waals surface area contributed by atoms with Crippen LogP contribution in [0.3, 0.4) is 0 Å². The number of hydrogen-bond donors (Lipinski definition) is 1. The van der Waals surface area contributed by atoms with Crippen LogP contribution in [0.15, 0.2) is 28.7 Å². The topological polar surface area (TPSA) is 63.1 Å². The summed E-state index contributed by atoms with van der Waals surface area (Å²) in [5.41, 5.74) is 0.961. The van der Waals surface area contributed by atoms with Crippen LogP contribution < -0.4 is 0 Å². The fraction of sp³-hybridized carbons (Fsp3) is 0.308. The van der Waals surface area contributed by atoms with Gasteiger partial charge in [0.1, 0.15) is 16.7 Å². The molecular weight excluding hydrogens is 328 g/mol. The monoisotopic (exact) mass is 340 g/mol. The zero-order valence-corrected chi connectivity index (χ0v) is 12.7. The molecule has 0 saturated heterocycles. The highest BCUT2D eigenvalue weighted by molar-refractivity contribution is 9.10. The van der Waals surface area contributed by atoms with Gasteiger partial charge in [-0.15, -0.1) is 0 Å². The zero-order valence-electron chi connectivity index (χ0n) is 10.3. The van der Waals surface area contributed by atoms with E-state index in [9.17, 15) is 9.90 Å². The number of carboxylic acids is 1. The van der Waals surface area contributed by atoms with Gasteiger partial charge in [0.25, 0.3) is 0 Å². The highest BCUT2D eigenvalue weighted by Crippen LogP contribution is 2.26. The van der Waals surface area contributed by atoms with E-state index in [1.807, 2.05) is 31.2 Å². The number of halogens is 1. The third-order valence-corrected chi connectivity index (χ3v) is 4.42. The van der Waals surface area contributed by atoms with Crippen molar-refractivity contribution in [3.63, 3.8) is 0 Å². The lowest BCUT2D eigenvalue weighted by Crippen LogP contribution is -2.14. The molecule has 1 aromatic carbocycles. The van der Waals surface area contributed by atoms with Gasteiger partial charge >= 0.3 is 5.97 Å². The maximum absolute atomic E-state index is 11.4. The lowest BCUT2D eigenvalue weighted by molar-refractivity contribution is -0.138. The third-order valence-electron chi connectivity index (χ3n) is 2.78. The molecule has 0 aliphatic heterocycles. The summed E-state index contributed by atoms with van der Waals surface area (Å²) in [5, 5.41) is 9.95. The van der Waals surface area contributed by atoms with Gasteiger partial charge in [-0.05, 0) is 29.6 Å². The fourth-order valence-electron chi connectivity index (χ4n) is 1.72. The molecule has 2 rings (SSSR count). The molecular formula is C13H13BrN2O2S. The highest BCUT2D eigenvalue weighted by Gasteiger charge is 2.25. The predicted octanol–water partition coefficient (Wildman–Crippen LogP) is 3.27. The highest BCUT2D eigenvalue weighted by atomic mass is 79.9. The van der Waals surface area contributed by atoms with Gasteiger partial charge in [-0.3, -0.25) is 4.79 Å². The molecule has 0 aliphatic rings. The van der Waals surface area contributed by atoms with Crippen molar-refractivity contribution in [1.82, 2.24) is 9.36 Å². The smallest absolute Gasteiger partial charge is 0.313 e. The SMILES string of the molecule is CCc1nsc(C(Cc2ccccc2Br)C(=O)O)n1. The van der Waals surface area contributed by atoms with E-state index in [2.05, 4.69) is 25.3 Å². The Balaban J connectivity index is 2.26. The number of aliphatic carboxylic acids is 1. The molecule has 4 nitrogen and oxygen atoms in total. The van der Waals surface area contributed by atoms with Gasteiger partial charge in [0.2, 0.25) is 0 Å². The van der Waals surface area contributed by atoms with Gasteiger partial charge in [-0.2, -0.15) is 4.37 Å². The van der Waals surface area contributed by atoms with Crippen LogP contribution in [-0.4, -0.2) is 20.4 Å². The summed E-state index contributed by atoms with van der Waals surface area (Å²) in [6, 6.07) is 7.63. The largest absolute Gasteiger partial charge is 0.481 e. The predicted molar refractivity (Wildman–Crippen MR) is 77.5 cm³/mol. The summed E-state index contributed by atoms with van der Waals surface area (Å²) in [4.78, 5) is 15.7. The minimum Gasteiger partial charge on any atom is -0.481 e. The van der Waals surface area contributed by atoms with Crippen LogP contribution in [0.5, 0.6) is 0 Å². The Labute approximate surface area is 123 Å². The second kappa shape index (κ2) is 6.25. The van der Waals surface area contributed by atoms with Crippen molar-refractivity contribution >= 4 is 33.4 Å². The van der Waals surface area contributed by atoms with Crippen molar-refractivity contribution in [2.45, 2.75) is 25.7 Å². The Hall–Kier alpha value is -1.27. The summed E-state index contributed by atoms with van der Waals surface area (Å²) in [6.45, 7) is 1.95. The van der Waals surface area contributed by atoms with Crippen LogP contribution in [0.1, 0.15) is 29.2 Å². The van der Waals surface area contributed by atoms with Gasteiger partial charge in [0.15, 0.2) is 0 Å². The quantitative estimate of drug-likeness (QED) is 0.907. The minimum atomic E-state index is -0.866. The molecule has 1 unspecified atom stereocenters. The van der Waals surface area contributed by atoms with Crippen LogP contribution in [0, 0.1) is 0 Å². The summed E-state index contributed by atoms with van der Waals surface area (Å²) in [5.74, 6) is -0.801. The number of benzene rings is 1. The number of carbonyl (C=O) groups is 1. The lowest BCUT2D eigenvalue weighted by atomic mass is 10.00. The van der Waals surface area contributed by atoms with Crippen molar-refractivity contribution in [2.24, 2.45) is 0 Å². The molecule has 0 amide bonds. The molecule has 0 bridgehead atoms. The number of carboxylic acid groups (broad SMARTS) is 1. The van der Waals surface area contributed by atoms with E-state index < -0.39 is 11.9 Å². The van der Waals surface area contributed by atoms with Crippen LogP contribution in [0.2, 0.25) is 0 Å². The van der Waals surface area contributed by atoms with E-state index in [-0.39, 0.29) is 0 Å². The van der Waals surface area contributed by atoms with Crippen molar-refractivity contribution in [3.05, 3.63) is 45.1 Å². The maximum atomic E-state index is 11.4. The molecule has 0 radical (unpaired) electrons. The van der Waals surface area contributed by atoms with E-state index in [0.29, 0.717) is 17.3 Å². The second-order valence-corrected chi connectivity index (χ2v) is 5.73. The summed E-state index contributed by atoms with van der Waals surface area (Å²) >= 11 is 4.62. The minimum absolute atomic E-state index is 0.412. The molecule has 1 heterocycles. The Bertz CT molecular complexity index is 586. The normalized spacial score (nSPS) is 12.3. The standard InChI is InChI=1S/C13H13BrN2O2S/c1-2-11-15-12(19-16-11)9(13(17)18)7-8-5-3-4-6-10(8)14/h3-6,9H,2,7H2,1H3,(H,17,18). The van der Waals surface area contributed by atoms with Crippen molar-refractivity contribution in [1.29, 1.82) is 0 Å². The Morgan fingerprint density at radius 1 is 1.47 bits per heavy atom. The molecule has 0 spiro atoms. The molecule has 6 heteroatoms. The second-order valence-electron chi connectivity index (χ2n) is 4.09. The van der Waals surface area contributed by atoms with Crippen molar-refractivity contribution in [2.75, 3.05) is 0 Å². The first-order valence-corrected chi connectivity index (χ1v) is 7.47. The van der Waals surface area contributed by atoms with E-state index in [1.165, 1.54) is 11.5 Å². The zero-order chi connectivity index (χ0) is 13.8. The first kappa shape index (κ1) is 14.1. The summed E-state index contributed by atoms with van der Waals surface area (Å²) < 4.78 is 5.08. The first-order chi connectivity index (χ1) is 9.11. The molecule has 1 aromatic heterocycles. The van der Waals surface area contributed by atoms with Crippen LogP contribution in [0.25, 0.3) is 0 Å². The van der Waals surface area contributed by atoms with Gasteiger partial charge < -0.3 is 5.11 Å². The number of aromatic nitrogens is 2. The van der Waals surface area contributed by atoms with Crippen molar-refractivity contribution in [3.8, 4) is 0 Å². The molecule has 0 saturated carbocycles. The number of hydrogen-bond acceptors (Lipinski definition) is 4. The van der Waals surface area contributed by atoms with Gasteiger partial charge in [-0.25, -0.2) is 4.98 Å². The number of nitrogens with zero attached hydrogens (tertiary/aromatic N) is 2. The van der Waals surface area contributed by atoms with Gasteiger partial charge in [0, 0.05) is 10.9 Å². The maximum Gasteiger partial charge on any atom is 0.313 e. The Morgan fingerprint density at radius 3 is 2.79 bits per heavy atom. The van der Waals surface area contributed by atoms with Crippen LogP contribution in [0.4, 0.5) is 0 Å². The van der Waals surface area contributed by atoms with Crippen LogP contribution in [-0.2, 0) is 17.6 Å². The molecule has 1 N–H and O–H groups in total. The first-order valence-electron chi connectivity index (χ1n) is 5.90. The summed E-state index contributed by atoms with van der Waals surface area (Å²) in [7, 11) is 0. The van der Waals surface area contributed by atoms with Crippen LogP contribution >= 0.6 is 27.5 Å². The lowest BCUT2D eigenvalue weighted by Gasteiger charge is -2.10. The molecule has 100 valence electrons. The average molecular weight is 341 g/mol. The molecule has 0 aliphatic carbocycles. The van der Waals surface area contributed by atoms with E-state index in [4.69, 9.17) is 0 Å². The third kappa shape index (κ3) is 3.39. The number of rotatable bonds is 5. The van der Waals surface area contributed by atoms with Gasteiger partial charge in [-0.1, -0.05) is 41.1 Å². The molecule has 0 fully saturated rings. The van der Waals surface area contributed by atoms with E-state index >= 15 is 0 Å². The molecule has 2 aromatic rings. The van der Waals surface area contributed by atoms with E-state index in [0.717, 1.165) is 16.5 Å². The Morgan fingerprint density at radius 2 is 2.21 bits per heavy atom. The summed E-state index contributed by atoms with van der Waals surface area (Å²) in [6.07, 6.45) is 1.13. The molecule has 1 atom stereocenters. The Kier molecular flexibility index (Phi) is 4.66. The fourth-order valence-corrected chi connectivity index (χ4v) is 2.99. The van der Waals surface area contributed by atoms with Gasteiger partial charge in [0.05, 0.1) is 0 Å². The molecule has 19 heavy (non-hydrogen) atoms. The number of aryl methyl sites for hydroxylation is 1. The van der Waals surface area contributed by atoms with Crippen molar-refractivity contribution < 1.29 is 9.90 Å². The van der Waals surface area contributed by atoms with E-state index in [1.54, 1.807) is 0 Å². The average Bonchev–Trinajstić information content (AvgIpc) is 2.86.